The van der Waals surface area contributed by atoms with Gasteiger partial charge in [0.2, 0.25) is 10.0 Å². The van der Waals surface area contributed by atoms with E-state index in [-0.39, 0.29) is 6.04 Å². The van der Waals surface area contributed by atoms with Crippen LogP contribution in [0.3, 0.4) is 0 Å². The Morgan fingerprint density at radius 1 is 1.45 bits per heavy atom. The molecule has 2 aromatic heterocycles. The van der Waals surface area contributed by atoms with Crippen LogP contribution in [0.25, 0.3) is 11.3 Å². The summed E-state index contributed by atoms with van der Waals surface area (Å²) in [6.07, 6.45) is 5.07. The highest BCUT2D eigenvalue weighted by Gasteiger charge is 2.22. The fraction of sp³-hybridized carbons (Fsp3) is 0.500. The third-order valence-electron chi connectivity index (χ3n) is 3.69. The van der Waals surface area contributed by atoms with Crippen LogP contribution in [-0.4, -0.2) is 48.5 Å². The Labute approximate surface area is 134 Å². The molecule has 1 aliphatic rings. The van der Waals surface area contributed by atoms with Gasteiger partial charge in [0.1, 0.15) is 0 Å². The van der Waals surface area contributed by atoms with Gasteiger partial charge in [0.25, 0.3) is 0 Å². The number of thiophene rings is 1. The van der Waals surface area contributed by atoms with Gasteiger partial charge in [-0.15, -0.1) is 0 Å². The maximum atomic E-state index is 11.4. The van der Waals surface area contributed by atoms with Crippen molar-refractivity contribution in [3.63, 3.8) is 0 Å². The summed E-state index contributed by atoms with van der Waals surface area (Å²) in [5, 5.41) is 8.71. The van der Waals surface area contributed by atoms with Gasteiger partial charge >= 0.3 is 0 Å². The second-order valence-corrected chi connectivity index (χ2v) is 8.26. The highest BCUT2D eigenvalue weighted by atomic mass is 32.2. The molecule has 6 nitrogen and oxygen atoms in total. The molecule has 3 rings (SSSR count). The number of piperidine rings is 1. The van der Waals surface area contributed by atoms with Crippen molar-refractivity contribution in [3.8, 4) is 11.3 Å². The first kappa shape index (κ1) is 15.7. The normalized spacial score (nSPS) is 20.3. The van der Waals surface area contributed by atoms with Gasteiger partial charge in [0.15, 0.2) is 0 Å². The lowest BCUT2D eigenvalue weighted by atomic mass is 10.1. The summed E-state index contributed by atoms with van der Waals surface area (Å²) in [5.41, 5.74) is 2.11. The van der Waals surface area contributed by atoms with E-state index in [0.29, 0.717) is 6.67 Å². The minimum atomic E-state index is -3.14. The van der Waals surface area contributed by atoms with E-state index in [0.717, 1.165) is 37.2 Å². The molecule has 120 valence electrons. The smallest absolute Gasteiger partial charge is 0.208 e. The summed E-state index contributed by atoms with van der Waals surface area (Å²) < 4.78 is 27.3. The molecule has 0 unspecified atom stereocenters. The van der Waals surface area contributed by atoms with Crippen molar-refractivity contribution < 1.29 is 8.42 Å². The molecule has 8 heteroatoms. The van der Waals surface area contributed by atoms with E-state index in [1.54, 1.807) is 11.3 Å². The molecule has 1 saturated heterocycles. The van der Waals surface area contributed by atoms with Gasteiger partial charge in [-0.2, -0.15) is 16.4 Å². The largest absolute Gasteiger partial charge is 0.283 e. The molecule has 0 bridgehead atoms. The number of aromatic nitrogens is 2. The van der Waals surface area contributed by atoms with Crippen molar-refractivity contribution in [1.29, 1.82) is 0 Å². The van der Waals surface area contributed by atoms with Crippen LogP contribution in [-0.2, 0) is 16.7 Å². The molecule has 0 aliphatic carbocycles. The van der Waals surface area contributed by atoms with E-state index in [1.807, 2.05) is 22.3 Å². The second kappa shape index (κ2) is 6.49. The van der Waals surface area contributed by atoms with Gasteiger partial charge in [0, 0.05) is 36.3 Å². The van der Waals surface area contributed by atoms with Crippen LogP contribution in [0.2, 0.25) is 0 Å². The molecule has 0 aromatic carbocycles. The molecule has 0 amide bonds. The number of likely N-dealkylation sites (tertiary alicyclic amines) is 1. The van der Waals surface area contributed by atoms with E-state index in [9.17, 15) is 8.42 Å². The van der Waals surface area contributed by atoms with Crippen molar-refractivity contribution in [2.24, 2.45) is 0 Å². The summed E-state index contributed by atoms with van der Waals surface area (Å²) in [6, 6.07) is 4.07. The molecule has 0 saturated carbocycles. The molecule has 1 aliphatic heterocycles. The molecule has 3 heterocycles. The highest BCUT2D eigenvalue weighted by molar-refractivity contribution is 7.88. The average Bonchev–Trinajstić information content (AvgIpc) is 3.07. The summed E-state index contributed by atoms with van der Waals surface area (Å²) >= 11 is 1.66. The average molecular weight is 340 g/mol. The van der Waals surface area contributed by atoms with E-state index >= 15 is 0 Å². The minimum absolute atomic E-state index is 0.00402. The van der Waals surface area contributed by atoms with Crippen molar-refractivity contribution in [1.82, 2.24) is 19.4 Å². The highest BCUT2D eigenvalue weighted by Crippen LogP contribution is 2.20. The summed E-state index contributed by atoms with van der Waals surface area (Å²) in [5.74, 6) is 0. The van der Waals surface area contributed by atoms with Gasteiger partial charge < -0.3 is 0 Å². The van der Waals surface area contributed by atoms with Crippen LogP contribution in [0.5, 0.6) is 0 Å². The van der Waals surface area contributed by atoms with Crippen molar-refractivity contribution in [3.05, 3.63) is 29.1 Å². The number of hydrogen-bond donors (Lipinski definition) is 1. The Kier molecular flexibility index (Phi) is 4.62. The van der Waals surface area contributed by atoms with Gasteiger partial charge in [-0.1, -0.05) is 0 Å². The van der Waals surface area contributed by atoms with Gasteiger partial charge in [-0.3, -0.25) is 9.58 Å². The lowest BCUT2D eigenvalue weighted by Crippen LogP contribution is -2.47. The van der Waals surface area contributed by atoms with Crippen LogP contribution < -0.4 is 4.72 Å². The fourth-order valence-electron chi connectivity index (χ4n) is 2.79. The van der Waals surface area contributed by atoms with Crippen LogP contribution in [0.4, 0.5) is 0 Å². The Balaban J connectivity index is 1.61. The Morgan fingerprint density at radius 3 is 3.05 bits per heavy atom. The molecular formula is C14H20N4O2S2. The molecule has 22 heavy (non-hydrogen) atoms. The van der Waals surface area contributed by atoms with Crippen LogP contribution >= 0.6 is 11.3 Å². The Bertz CT molecular complexity index is 709. The van der Waals surface area contributed by atoms with Crippen LogP contribution in [0, 0.1) is 0 Å². The monoisotopic (exact) mass is 340 g/mol. The van der Waals surface area contributed by atoms with Gasteiger partial charge in [-0.05, 0) is 30.4 Å². The van der Waals surface area contributed by atoms with Crippen molar-refractivity contribution in [2.45, 2.75) is 25.6 Å². The third kappa shape index (κ3) is 4.16. The molecular weight excluding hydrogens is 320 g/mol. The summed E-state index contributed by atoms with van der Waals surface area (Å²) in [7, 11) is -3.14. The molecule has 1 fully saturated rings. The topological polar surface area (TPSA) is 67.2 Å². The lowest BCUT2D eigenvalue weighted by Gasteiger charge is -2.32. The van der Waals surface area contributed by atoms with Crippen LogP contribution in [0.15, 0.2) is 29.1 Å². The zero-order chi connectivity index (χ0) is 15.6. The molecule has 1 atom stereocenters. The number of sulfonamides is 1. The predicted molar refractivity (Wildman–Crippen MR) is 88.1 cm³/mol. The minimum Gasteiger partial charge on any atom is -0.283 e. The lowest BCUT2D eigenvalue weighted by molar-refractivity contribution is 0.154. The third-order valence-corrected chi connectivity index (χ3v) is 5.13. The first-order valence-electron chi connectivity index (χ1n) is 7.25. The second-order valence-electron chi connectivity index (χ2n) is 5.70. The van der Waals surface area contributed by atoms with Crippen molar-refractivity contribution in [2.75, 3.05) is 19.3 Å². The number of hydrogen-bond acceptors (Lipinski definition) is 5. The van der Waals surface area contributed by atoms with E-state index < -0.39 is 10.0 Å². The predicted octanol–water partition coefficient (Wildman–Crippen LogP) is 1.58. The standard InChI is InChI=1S/C14H20N4O2S2/c1-22(19,20)16-13-3-2-6-17(9-13)11-18-7-4-14(15-18)12-5-8-21-10-12/h4-5,7-8,10,13,16H,2-3,6,9,11H2,1H3/t13-/m1/s1. The van der Waals surface area contributed by atoms with Gasteiger partial charge in [0.05, 0.1) is 18.6 Å². The molecule has 0 spiro atoms. The first-order valence-corrected chi connectivity index (χ1v) is 10.1. The SMILES string of the molecule is CS(=O)(=O)N[C@@H]1CCCN(Cn2ccc(-c3ccsc3)n2)C1. The van der Waals surface area contributed by atoms with Crippen molar-refractivity contribution >= 4 is 21.4 Å². The maximum Gasteiger partial charge on any atom is 0.208 e. The summed E-state index contributed by atoms with van der Waals surface area (Å²) in [4.78, 5) is 2.23. The fourth-order valence-corrected chi connectivity index (χ4v) is 4.24. The van der Waals surface area contributed by atoms with Gasteiger partial charge in [-0.25, -0.2) is 13.1 Å². The zero-order valence-corrected chi connectivity index (χ0v) is 14.1. The number of nitrogens with one attached hydrogen (secondary N) is 1. The first-order chi connectivity index (χ1) is 10.5. The number of rotatable bonds is 5. The zero-order valence-electron chi connectivity index (χ0n) is 12.5. The molecule has 1 N–H and O–H groups in total. The molecule has 2 aromatic rings. The van der Waals surface area contributed by atoms with E-state index in [2.05, 4.69) is 26.2 Å². The maximum absolute atomic E-state index is 11.4. The Hall–Kier alpha value is -1.22. The Morgan fingerprint density at radius 2 is 2.32 bits per heavy atom. The van der Waals surface area contributed by atoms with E-state index in [1.165, 1.54) is 6.26 Å². The van der Waals surface area contributed by atoms with E-state index in [4.69, 9.17) is 0 Å². The number of nitrogens with zero attached hydrogens (tertiary/aromatic N) is 3. The van der Waals surface area contributed by atoms with Crippen LogP contribution in [0.1, 0.15) is 12.8 Å². The summed E-state index contributed by atoms with van der Waals surface area (Å²) in [6.45, 7) is 2.38. The quantitative estimate of drug-likeness (QED) is 0.897. The molecule has 0 radical (unpaired) electrons.